The number of nitrogens with zero attached hydrogens (tertiary/aromatic N) is 4. The van der Waals surface area contributed by atoms with Crippen LogP contribution < -0.4 is 10.6 Å². The lowest BCUT2D eigenvalue weighted by Crippen LogP contribution is -2.42. The van der Waals surface area contributed by atoms with Gasteiger partial charge in [-0.1, -0.05) is 0 Å². The van der Waals surface area contributed by atoms with Gasteiger partial charge < -0.3 is 15.2 Å². The van der Waals surface area contributed by atoms with Crippen LogP contribution in [-0.2, 0) is 35.3 Å². The molecule has 0 bridgehead atoms. The van der Waals surface area contributed by atoms with E-state index >= 15 is 0 Å². The van der Waals surface area contributed by atoms with Crippen molar-refractivity contribution in [2.75, 3.05) is 18.5 Å². The molecule has 14 heteroatoms. The van der Waals surface area contributed by atoms with Crippen molar-refractivity contribution >= 4 is 30.0 Å². The van der Waals surface area contributed by atoms with Gasteiger partial charge in [0.15, 0.2) is 17.5 Å². The average Bonchev–Trinajstić information content (AvgIpc) is 3.10. The maximum Gasteiger partial charge on any atom is 0.449 e. The lowest BCUT2D eigenvalue weighted by atomic mass is 10.0. The number of halogens is 7. The highest BCUT2D eigenvalue weighted by molar-refractivity contribution is 5.90. The molecule has 3 rings (SSSR count). The zero-order chi connectivity index (χ0) is 24.7. The maximum absolute atomic E-state index is 13.8. The molecule has 2 heterocycles. The van der Waals surface area contributed by atoms with E-state index in [1.807, 2.05) is 0 Å². The van der Waals surface area contributed by atoms with Crippen molar-refractivity contribution in [2.45, 2.75) is 45.1 Å². The van der Waals surface area contributed by atoms with Crippen LogP contribution in [0.2, 0.25) is 0 Å². The lowest BCUT2D eigenvalue weighted by molar-refractivity contribution is -0.148. The monoisotopic (exact) mass is 513 g/mol. The highest BCUT2D eigenvalue weighted by atomic mass is 35.5. The molecule has 1 unspecified atom stereocenters. The first-order chi connectivity index (χ1) is 15.3. The molecule has 2 aromatic rings. The molecule has 1 aromatic carbocycles. The van der Waals surface area contributed by atoms with Crippen LogP contribution in [0.25, 0.3) is 0 Å². The number of hydrogen-bond donors (Lipinski definition) is 1. The molecule has 0 saturated heterocycles. The van der Waals surface area contributed by atoms with Crippen molar-refractivity contribution in [1.29, 1.82) is 0 Å². The third kappa shape index (κ3) is 5.63. The van der Waals surface area contributed by atoms with E-state index in [1.54, 1.807) is 0 Å². The molecule has 0 radical (unpaired) electrons. The number of fused-ring (bicyclic) bond motifs is 1. The molecule has 1 atom stereocenters. The number of imidazole rings is 1. The fourth-order valence-electron chi connectivity index (χ4n) is 3.63. The summed E-state index contributed by atoms with van der Waals surface area (Å²) < 4.78 is 81.4. The SMILES string of the molecule is CC(=O)N(C)c1nc(C(F)(F)F)n2c1CN(C(=O)CC(N)Cc1cc(F)c(F)cc1F)CC2.Cl. The topological polar surface area (TPSA) is 84.5 Å². The van der Waals surface area contributed by atoms with E-state index in [0.717, 1.165) is 9.47 Å². The van der Waals surface area contributed by atoms with Gasteiger partial charge >= 0.3 is 6.18 Å². The number of carbonyl (C=O) groups excluding carboxylic acids is 2. The summed E-state index contributed by atoms with van der Waals surface area (Å²) in [5.74, 6) is -6.05. The molecule has 2 amide bonds. The maximum atomic E-state index is 13.8. The molecule has 1 aromatic heterocycles. The van der Waals surface area contributed by atoms with Crippen LogP contribution in [-0.4, -0.2) is 45.9 Å². The largest absolute Gasteiger partial charge is 0.449 e. The van der Waals surface area contributed by atoms with Gasteiger partial charge in [0, 0.05) is 45.6 Å². The van der Waals surface area contributed by atoms with Gasteiger partial charge in [-0.15, -0.1) is 12.4 Å². The minimum Gasteiger partial charge on any atom is -0.335 e. The Kier molecular flexibility index (Phi) is 8.25. The van der Waals surface area contributed by atoms with Crippen molar-refractivity contribution in [1.82, 2.24) is 14.5 Å². The van der Waals surface area contributed by atoms with Gasteiger partial charge in [-0.2, -0.15) is 13.2 Å². The second-order valence-electron chi connectivity index (χ2n) is 7.77. The molecule has 0 spiro atoms. The van der Waals surface area contributed by atoms with Crippen LogP contribution in [0.3, 0.4) is 0 Å². The normalized spacial score (nSPS) is 14.3. The molecular weight excluding hydrogens is 492 g/mol. The van der Waals surface area contributed by atoms with Crippen molar-refractivity contribution in [3.05, 3.63) is 46.7 Å². The summed E-state index contributed by atoms with van der Waals surface area (Å²) in [6, 6.07) is 0.0987. The quantitative estimate of drug-likeness (QED) is 0.492. The molecule has 0 fully saturated rings. The Balaban J connectivity index is 0.00000408. The van der Waals surface area contributed by atoms with E-state index in [0.29, 0.717) is 12.1 Å². The summed E-state index contributed by atoms with van der Waals surface area (Å²) in [6.45, 7) is 0.644. The first-order valence-corrected chi connectivity index (χ1v) is 9.87. The van der Waals surface area contributed by atoms with E-state index in [9.17, 15) is 35.9 Å². The summed E-state index contributed by atoms with van der Waals surface area (Å²) in [7, 11) is 1.28. The Morgan fingerprint density at radius 3 is 2.35 bits per heavy atom. The third-order valence-electron chi connectivity index (χ3n) is 5.39. The van der Waals surface area contributed by atoms with Crippen LogP contribution >= 0.6 is 12.4 Å². The summed E-state index contributed by atoms with van der Waals surface area (Å²) >= 11 is 0. The summed E-state index contributed by atoms with van der Waals surface area (Å²) in [5, 5.41) is 0. The van der Waals surface area contributed by atoms with E-state index in [1.165, 1.54) is 18.9 Å². The van der Waals surface area contributed by atoms with Gasteiger partial charge in [0.05, 0.1) is 12.2 Å². The first kappa shape index (κ1) is 27.4. The molecule has 0 aliphatic carbocycles. The number of carbonyl (C=O) groups is 2. The number of amides is 2. The number of benzene rings is 1. The standard InChI is InChI=1S/C20H21F6N5O2.ClH/c1-10(32)29(2)18-16-9-30(3-4-31(16)19(28-18)20(24,25)26)17(33)7-12(27)5-11-6-14(22)15(23)8-13(11)21;/h6,8,12H,3-5,7,9,27H2,1-2H3;1H. The average molecular weight is 514 g/mol. The molecule has 1 aliphatic heterocycles. The zero-order valence-corrected chi connectivity index (χ0v) is 18.9. The van der Waals surface area contributed by atoms with E-state index < -0.39 is 47.3 Å². The number of rotatable bonds is 5. The molecule has 1 aliphatic rings. The van der Waals surface area contributed by atoms with Crippen molar-refractivity contribution < 1.29 is 35.9 Å². The highest BCUT2D eigenvalue weighted by Gasteiger charge is 2.41. The second kappa shape index (κ2) is 10.2. The van der Waals surface area contributed by atoms with E-state index in [-0.39, 0.29) is 62.0 Å². The second-order valence-corrected chi connectivity index (χ2v) is 7.77. The van der Waals surface area contributed by atoms with Gasteiger partial charge in [0.1, 0.15) is 5.82 Å². The van der Waals surface area contributed by atoms with Crippen molar-refractivity contribution in [3.63, 3.8) is 0 Å². The molecule has 34 heavy (non-hydrogen) atoms. The summed E-state index contributed by atoms with van der Waals surface area (Å²) in [5.41, 5.74) is 5.73. The Morgan fingerprint density at radius 1 is 1.15 bits per heavy atom. The Bertz CT molecular complexity index is 1090. The van der Waals surface area contributed by atoms with Gasteiger partial charge in [-0.3, -0.25) is 14.5 Å². The van der Waals surface area contributed by atoms with Gasteiger partial charge in [-0.05, 0) is 18.1 Å². The molecular formula is C20H22ClF6N5O2. The number of aromatic nitrogens is 2. The van der Waals surface area contributed by atoms with Crippen molar-refractivity contribution in [2.24, 2.45) is 5.73 Å². The Morgan fingerprint density at radius 2 is 1.76 bits per heavy atom. The van der Waals surface area contributed by atoms with Crippen molar-refractivity contribution in [3.8, 4) is 0 Å². The first-order valence-electron chi connectivity index (χ1n) is 9.87. The minimum atomic E-state index is -4.76. The fourth-order valence-corrected chi connectivity index (χ4v) is 3.63. The number of anilines is 1. The van der Waals surface area contributed by atoms with Gasteiger partial charge in [0.2, 0.25) is 17.6 Å². The van der Waals surface area contributed by atoms with Gasteiger partial charge in [0.25, 0.3) is 0 Å². The van der Waals surface area contributed by atoms with Gasteiger partial charge in [-0.25, -0.2) is 18.2 Å². The fraction of sp³-hybridized carbons (Fsp3) is 0.450. The van der Waals surface area contributed by atoms with Crippen LogP contribution in [0, 0.1) is 17.5 Å². The lowest BCUT2D eigenvalue weighted by Gasteiger charge is -2.31. The molecule has 0 saturated carbocycles. The van der Waals surface area contributed by atoms with Crippen LogP contribution in [0.5, 0.6) is 0 Å². The van der Waals surface area contributed by atoms with E-state index in [4.69, 9.17) is 5.73 Å². The third-order valence-corrected chi connectivity index (χ3v) is 5.39. The van der Waals surface area contributed by atoms with E-state index in [2.05, 4.69) is 4.98 Å². The summed E-state index contributed by atoms with van der Waals surface area (Å²) in [6.07, 6.45) is -5.32. The Hall–Kier alpha value is -2.80. The van der Waals surface area contributed by atoms with Crippen LogP contribution in [0.15, 0.2) is 12.1 Å². The number of hydrogen-bond acceptors (Lipinski definition) is 4. The molecule has 188 valence electrons. The zero-order valence-electron chi connectivity index (χ0n) is 18.1. The minimum absolute atomic E-state index is 0. The highest BCUT2D eigenvalue weighted by Crippen LogP contribution is 2.35. The molecule has 7 nitrogen and oxygen atoms in total. The molecule has 2 N–H and O–H groups in total. The predicted octanol–water partition coefficient (Wildman–Crippen LogP) is 3.03. The predicted molar refractivity (Wildman–Crippen MR) is 112 cm³/mol. The van der Waals surface area contributed by atoms with Crippen LogP contribution in [0.1, 0.15) is 30.4 Å². The smallest absolute Gasteiger partial charge is 0.335 e. The van der Waals surface area contributed by atoms with Crippen LogP contribution in [0.4, 0.5) is 32.2 Å². The number of alkyl halides is 3. The Labute approximate surface area is 196 Å². The number of nitrogens with two attached hydrogens (primary N) is 1. The summed E-state index contributed by atoms with van der Waals surface area (Å²) in [4.78, 5) is 30.2.